The molecule has 27 heavy (non-hydrogen) atoms. The maximum Gasteiger partial charge on any atom is 0.269 e. The van der Waals surface area contributed by atoms with Crippen LogP contribution in [-0.2, 0) is 6.54 Å². The fraction of sp³-hybridized carbons (Fsp3) is 0.0455. The van der Waals surface area contributed by atoms with Gasteiger partial charge in [0.25, 0.3) is 5.56 Å². The Kier molecular flexibility index (Phi) is 3.57. The summed E-state index contributed by atoms with van der Waals surface area (Å²) in [6.45, 7) is 0.503. The normalized spacial score (nSPS) is 11.3. The van der Waals surface area contributed by atoms with Gasteiger partial charge in [-0.3, -0.25) is 4.79 Å². The molecule has 5 nitrogen and oxygen atoms in total. The van der Waals surface area contributed by atoms with Crippen molar-refractivity contribution in [2.45, 2.75) is 6.54 Å². The summed E-state index contributed by atoms with van der Waals surface area (Å²) in [5, 5.41) is 0. The maximum absolute atomic E-state index is 12.4. The van der Waals surface area contributed by atoms with Gasteiger partial charge in [0.05, 0.1) is 23.8 Å². The molecule has 3 aromatic heterocycles. The van der Waals surface area contributed by atoms with Crippen LogP contribution < -0.4 is 5.56 Å². The van der Waals surface area contributed by atoms with Crippen LogP contribution in [0, 0.1) is 0 Å². The minimum atomic E-state index is -0.0982. The summed E-state index contributed by atoms with van der Waals surface area (Å²) in [6, 6.07) is 20.0. The van der Waals surface area contributed by atoms with Crippen molar-refractivity contribution >= 4 is 16.7 Å². The molecule has 0 aliphatic rings. The van der Waals surface area contributed by atoms with Gasteiger partial charge in [0.1, 0.15) is 5.65 Å². The Hall–Kier alpha value is -3.73. The molecule has 2 aromatic carbocycles. The Balaban J connectivity index is 1.57. The van der Waals surface area contributed by atoms with Crippen molar-refractivity contribution in [2.24, 2.45) is 0 Å². The second-order valence-electron chi connectivity index (χ2n) is 6.48. The van der Waals surface area contributed by atoms with E-state index in [-0.39, 0.29) is 5.56 Å². The van der Waals surface area contributed by atoms with Gasteiger partial charge >= 0.3 is 0 Å². The summed E-state index contributed by atoms with van der Waals surface area (Å²) in [6.07, 6.45) is 7.18. The van der Waals surface area contributed by atoms with Gasteiger partial charge in [0.2, 0.25) is 0 Å². The first-order chi connectivity index (χ1) is 13.3. The Labute approximate surface area is 155 Å². The minimum absolute atomic E-state index is 0.0982. The van der Waals surface area contributed by atoms with Crippen molar-refractivity contribution in [3.05, 3.63) is 101 Å². The molecule has 0 bridgehead atoms. The molecular formula is C22H16N4O. The van der Waals surface area contributed by atoms with E-state index >= 15 is 0 Å². The van der Waals surface area contributed by atoms with Crippen LogP contribution in [0.1, 0.15) is 5.56 Å². The molecule has 130 valence electrons. The smallest absolute Gasteiger partial charge is 0.269 e. The lowest BCUT2D eigenvalue weighted by molar-refractivity contribution is 0.787. The van der Waals surface area contributed by atoms with Crippen molar-refractivity contribution < 1.29 is 0 Å². The predicted octanol–water partition coefficient (Wildman–Crippen LogP) is 3.76. The summed E-state index contributed by atoms with van der Waals surface area (Å²) in [5.74, 6) is 0. The SMILES string of the molecule is O=c1cnc2ccccc2n1Cc1cccc(-c2ccc3nccn3c2)c1. The van der Waals surface area contributed by atoms with Crippen LogP contribution in [0.5, 0.6) is 0 Å². The van der Waals surface area contributed by atoms with Crippen molar-refractivity contribution in [2.75, 3.05) is 0 Å². The lowest BCUT2D eigenvalue weighted by Gasteiger charge is -2.11. The van der Waals surface area contributed by atoms with E-state index in [9.17, 15) is 4.79 Å². The molecule has 0 amide bonds. The van der Waals surface area contributed by atoms with Crippen LogP contribution in [0.25, 0.3) is 27.8 Å². The summed E-state index contributed by atoms with van der Waals surface area (Å²) in [5.41, 5.74) is 5.76. The second-order valence-corrected chi connectivity index (χ2v) is 6.48. The van der Waals surface area contributed by atoms with E-state index in [2.05, 4.69) is 34.4 Å². The van der Waals surface area contributed by atoms with E-state index in [1.165, 1.54) is 6.20 Å². The zero-order valence-electron chi connectivity index (χ0n) is 14.5. The molecule has 5 rings (SSSR count). The third-order valence-electron chi connectivity index (χ3n) is 4.74. The van der Waals surface area contributed by atoms with Gasteiger partial charge in [0.15, 0.2) is 0 Å². The summed E-state index contributed by atoms with van der Waals surface area (Å²) in [7, 11) is 0. The third-order valence-corrected chi connectivity index (χ3v) is 4.74. The molecule has 0 aliphatic heterocycles. The van der Waals surface area contributed by atoms with Crippen LogP contribution in [0.4, 0.5) is 0 Å². The number of imidazole rings is 1. The number of hydrogen-bond acceptors (Lipinski definition) is 3. The Bertz CT molecular complexity index is 1330. The number of benzene rings is 2. The van der Waals surface area contributed by atoms with E-state index in [1.54, 1.807) is 10.8 Å². The highest BCUT2D eigenvalue weighted by Crippen LogP contribution is 2.22. The van der Waals surface area contributed by atoms with Crippen molar-refractivity contribution in [3.63, 3.8) is 0 Å². The number of para-hydroxylation sites is 2. The van der Waals surface area contributed by atoms with E-state index in [4.69, 9.17) is 0 Å². The summed E-state index contributed by atoms with van der Waals surface area (Å²) in [4.78, 5) is 20.9. The fourth-order valence-electron chi connectivity index (χ4n) is 3.40. The molecule has 0 N–H and O–H groups in total. The third kappa shape index (κ3) is 2.79. The highest BCUT2D eigenvalue weighted by atomic mass is 16.1. The number of aromatic nitrogens is 4. The largest absolute Gasteiger partial charge is 0.306 e. The Morgan fingerprint density at radius 3 is 2.78 bits per heavy atom. The molecule has 0 aliphatic carbocycles. The minimum Gasteiger partial charge on any atom is -0.306 e. The average molecular weight is 352 g/mol. The van der Waals surface area contributed by atoms with Crippen LogP contribution in [0.3, 0.4) is 0 Å². The first kappa shape index (κ1) is 15.5. The zero-order valence-corrected chi connectivity index (χ0v) is 14.5. The highest BCUT2D eigenvalue weighted by Gasteiger charge is 2.06. The molecule has 0 saturated carbocycles. The topological polar surface area (TPSA) is 52.2 Å². The summed E-state index contributed by atoms with van der Waals surface area (Å²) >= 11 is 0. The lowest BCUT2D eigenvalue weighted by atomic mass is 10.0. The first-order valence-corrected chi connectivity index (χ1v) is 8.74. The van der Waals surface area contributed by atoms with Crippen molar-refractivity contribution in [1.29, 1.82) is 0 Å². The molecule has 5 heteroatoms. The highest BCUT2D eigenvalue weighted by molar-refractivity contribution is 5.74. The van der Waals surface area contributed by atoms with Gasteiger partial charge < -0.3 is 8.97 Å². The molecular weight excluding hydrogens is 336 g/mol. The van der Waals surface area contributed by atoms with E-state index in [0.717, 1.165) is 33.4 Å². The zero-order chi connectivity index (χ0) is 18.2. The molecule has 0 unspecified atom stereocenters. The number of nitrogens with zero attached hydrogens (tertiary/aromatic N) is 4. The van der Waals surface area contributed by atoms with E-state index < -0.39 is 0 Å². The Morgan fingerprint density at radius 1 is 0.889 bits per heavy atom. The van der Waals surface area contributed by atoms with Crippen LogP contribution in [0.2, 0.25) is 0 Å². The maximum atomic E-state index is 12.4. The van der Waals surface area contributed by atoms with Crippen LogP contribution in [-0.4, -0.2) is 18.9 Å². The van der Waals surface area contributed by atoms with Gasteiger partial charge in [-0.15, -0.1) is 0 Å². The standard InChI is InChI=1S/C22H16N4O/c27-22-13-24-19-6-1-2-7-20(19)26(22)14-16-4-3-5-17(12-16)18-8-9-21-23-10-11-25(21)15-18/h1-13,15H,14H2. The number of pyridine rings is 1. The molecule has 0 atom stereocenters. The van der Waals surface area contributed by atoms with Gasteiger partial charge in [-0.1, -0.05) is 30.3 Å². The molecule has 5 aromatic rings. The van der Waals surface area contributed by atoms with Crippen molar-refractivity contribution in [1.82, 2.24) is 18.9 Å². The van der Waals surface area contributed by atoms with E-state index in [1.807, 2.05) is 53.1 Å². The quantitative estimate of drug-likeness (QED) is 0.497. The predicted molar refractivity (Wildman–Crippen MR) is 106 cm³/mol. The average Bonchev–Trinajstić information content (AvgIpc) is 3.18. The van der Waals surface area contributed by atoms with Gasteiger partial charge in [-0.05, 0) is 47.0 Å². The molecule has 0 saturated heterocycles. The van der Waals surface area contributed by atoms with Gasteiger partial charge in [-0.2, -0.15) is 0 Å². The van der Waals surface area contributed by atoms with Crippen LogP contribution >= 0.6 is 0 Å². The fourth-order valence-corrected chi connectivity index (χ4v) is 3.40. The first-order valence-electron chi connectivity index (χ1n) is 8.74. The monoisotopic (exact) mass is 352 g/mol. The molecule has 3 heterocycles. The lowest BCUT2D eigenvalue weighted by Crippen LogP contribution is -2.21. The number of fused-ring (bicyclic) bond motifs is 2. The van der Waals surface area contributed by atoms with Crippen LogP contribution in [0.15, 0.2) is 90.2 Å². The number of rotatable bonds is 3. The Morgan fingerprint density at radius 2 is 1.81 bits per heavy atom. The second kappa shape index (κ2) is 6.21. The molecule has 0 fully saturated rings. The van der Waals surface area contributed by atoms with Crippen molar-refractivity contribution in [3.8, 4) is 11.1 Å². The summed E-state index contributed by atoms with van der Waals surface area (Å²) < 4.78 is 3.77. The number of hydrogen-bond donors (Lipinski definition) is 0. The van der Waals surface area contributed by atoms with Gasteiger partial charge in [-0.25, -0.2) is 9.97 Å². The molecule has 0 radical (unpaired) electrons. The van der Waals surface area contributed by atoms with Gasteiger partial charge in [0, 0.05) is 18.6 Å². The molecule has 0 spiro atoms. The van der Waals surface area contributed by atoms with E-state index in [0.29, 0.717) is 6.54 Å².